The first kappa shape index (κ1) is 22.8. The molecule has 9 heteroatoms. The van der Waals surface area contributed by atoms with E-state index >= 15 is 0 Å². The molecule has 1 aliphatic rings. The van der Waals surface area contributed by atoms with Crippen molar-refractivity contribution in [1.29, 1.82) is 0 Å². The number of benzene rings is 2. The van der Waals surface area contributed by atoms with E-state index in [-0.39, 0.29) is 32.4 Å². The van der Waals surface area contributed by atoms with Crippen LogP contribution in [0.5, 0.6) is 0 Å². The largest absolute Gasteiger partial charge is 0.481 e. The predicted molar refractivity (Wildman–Crippen MR) is 114 cm³/mol. The lowest BCUT2D eigenvalue weighted by molar-refractivity contribution is -0.138. The van der Waals surface area contributed by atoms with Gasteiger partial charge >= 0.3 is 12.1 Å². The zero-order chi connectivity index (χ0) is 23.1. The number of carboxylic acid groups (broad SMARTS) is 1. The van der Waals surface area contributed by atoms with Crippen molar-refractivity contribution in [2.45, 2.75) is 44.5 Å². The van der Waals surface area contributed by atoms with E-state index in [1.165, 1.54) is 4.90 Å². The van der Waals surface area contributed by atoms with Gasteiger partial charge in [0.2, 0.25) is 11.8 Å². The molecule has 9 nitrogen and oxygen atoms in total. The summed E-state index contributed by atoms with van der Waals surface area (Å²) in [5, 5.41) is 11.4. The van der Waals surface area contributed by atoms with Crippen LogP contribution in [0.25, 0.3) is 0 Å². The highest BCUT2D eigenvalue weighted by atomic mass is 16.6. The molecule has 0 fully saturated rings. The second kappa shape index (κ2) is 10.4. The number of aliphatic carboxylic acids is 1. The zero-order valence-corrected chi connectivity index (χ0v) is 17.4. The smallest absolute Gasteiger partial charge is 0.411 e. The molecule has 2 aromatic rings. The summed E-state index contributed by atoms with van der Waals surface area (Å²) in [7, 11) is 0. The summed E-state index contributed by atoms with van der Waals surface area (Å²) in [6.07, 6.45) is -0.903. The first-order chi connectivity index (χ1) is 15.3. The highest BCUT2D eigenvalue weighted by Crippen LogP contribution is 2.24. The molecule has 0 radical (unpaired) electrons. The van der Waals surface area contributed by atoms with Crippen molar-refractivity contribution in [2.75, 3.05) is 0 Å². The lowest BCUT2D eigenvalue weighted by Crippen LogP contribution is -2.56. The summed E-state index contributed by atoms with van der Waals surface area (Å²) in [4.78, 5) is 49.8. The van der Waals surface area contributed by atoms with Crippen molar-refractivity contribution in [2.24, 2.45) is 5.73 Å². The molecule has 1 heterocycles. The van der Waals surface area contributed by atoms with Gasteiger partial charge < -0.3 is 20.9 Å². The second-order valence-electron chi connectivity index (χ2n) is 7.55. The summed E-state index contributed by atoms with van der Waals surface area (Å²) >= 11 is 0. The Morgan fingerprint density at radius 3 is 2.38 bits per heavy atom. The number of nitrogens with one attached hydrogen (secondary N) is 1. The van der Waals surface area contributed by atoms with Crippen molar-refractivity contribution >= 4 is 23.9 Å². The maximum absolute atomic E-state index is 13.0. The van der Waals surface area contributed by atoms with Gasteiger partial charge in [0.05, 0.1) is 6.54 Å². The van der Waals surface area contributed by atoms with Gasteiger partial charge in [-0.2, -0.15) is 0 Å². The average molecular weight is 439 g/mol. The molecule has 1 aliphatic heterocycles. The van der Waals surface area contributed by atoms with E-state index < -0.39 is 36.0 Å². The van der Waals surface area contributed by atoms with E-state index in [0.717, 1.165) is 16.7 Å². The fraction of sp³-hybridized carbons (Fsp3) is 0.304. The Bertz CT molecular complexity index is 994. The van der Waals surface area contributed by atoms with E-state index in [0.29, 0.717) is 0 Å². The third-order valence-corrected chi connectivity index (χ3v) is 5.30. The van der Waals surface area contributed by atoms with E-state index in [4.69, 9.17) is 15.6 Å². The van der Waals surface area contributed by atoms with Crippen LogP contribution in [0.15, 0.2) is 54.6 Å². The van der Waals surface area contributed by atoms with Gasteiger partial charge in [0.1, 0.15) is 18.7 Å². The molecule has 0 saturated heterocycles. The molecule has 32 heavy (non-hydrogen) atoms. The number of fused-ring (bicyclic) bond motifs is 1. The summed E-state index contributed by atoms with van der Waals surface area (Å²) in [6.45, 7) is 0.215. The van der Waals surface area contributed by atoms with Gasteiger partial charge in [0.15, 0.2) is 0 Å². The van der Waals surface area contributed by atoms with Crippen molar-refractivity contribution in [1.82, 2.24) is 10.2 Å². The Hall–Kier alpha value is -3.88. The van der Waals surface area contributed by atoms with E-state index in [1.807, 2.05) is 54.6 Å². The monoisotopic (exact) mass is 439 g/mol. The third-order valence-electron chi connectivity index (χ3n) is 5.30. The highest BCUT2D eigenvalue weighted by molar-refractivity contribution is 5.91. The lowest BCUT2D eigenvalue weighted by Gasteiger charge is -2.35. The standard InChI is InChI=1S/C23H25N3O6/c24-21(29)18(10-11-20(27)28)25-22(30)19-12-16-8-4-5-9-17(16)13-26(19)23(31)32-14-15-6-2-1-3-7-15/h1-9,18-19H,10-14H2,(H2,24,29)(H,25,30)(H,27,28)/t18-,19-/m0/s1. The van der Waals surface area contributed by atoms with Crippen LogP contribution in [0.4, 0.5) is 4.79 Å². The molecule has 0 spiro atoms. The van der Waals surface area contributed by atoms with Crippen LogP contribution in [-0.4, -0.2) is 46.0 Å². The fourth-order valence-corrected chi connectivity index (χ4v) is 3.57. The number of nitrogens with two attached hydrogens (primary N) is 1. The van der Waals surface area contributed by atoms with E-state index in [9.17, 15) is 19.2 Å². The Kier molecular flexibility index (Phi) is 7.43. The molecular formula is C23H25N3O6. The number of carboxylic acids is 1. The maximum Gasteiger partial charge on any atom is 0.411 e. The summed E-state index contributed by atoms with van der Waals surface area (Å²) in [6, 6.07) is 14.5. The SMILES string of the molecule is NC(=O)[C@H](CCC(=O)O)NC(=O)[C@@H]1Cc2ccccc2CN1C(=O)OCc1ccccc1. The van der Waals surface area contributed by atoms with E-state index in [1.54, 1.807) is 0 Å². The minimum Gasteiger partial charge on any atom is -0.481 e. The number of carbonyl (C=O) groups is 4. The Morgan fingerprint density at radius 2 is 1.72 bits per heavy atom. The molecule has 2 atom stereocenters. The van der Waals surface area contributed by atoms with Crippen LogP contribution < -0.4 is 11.1 Å². The number of carbonyl (C=O) groups excluding carboxylic acids is 3. The van der Waals surface area contributed by atoms with Crippen LogP contribution in [0.1, 0.15) is 29.5 Å². The van der Waals surface area contributed by atoms with Gasteiger partial charge in [-0.1, -0.05) is 54.6 Å². The van der Waals surface area contributed by atoms with Crippen molar-refractivity contribution < 1.29 is 29.0 Å². The number of primary amides is 1. The fourth-order valence-electron chi connectivity index (χ4n) is 3.57. The Labute approximate surface area is 185 Å². The van der Waals surface area contributed by atoms with Gasteiger partial charge in [0, 0.05) is 12.8 Å². The topological polar surface area (TPSA) is 139 Å². The van der Waals surface area contributed by atoms with Gasteiger partial charge in [-0.3, -0.25) is 19.3 Å². The quantitative estimate of drug-likeness (QED) is 0.571. The molecule has 0 aromatic heterocycles. The number of rotatable bonds is 8. The van der Waals surface area contributed by atoms with Gasteiger partial charge in [-0.15, -0.1) is 0 Å². The molecule has 2 aromatic carbocycles. The van der Waals surface area contributed by atoms with Crippen molar-refractivity contribution in [3.05, 3.63) is 71.3 Å². The summed E-state index contributed by atoms with van der Waals surface area (Å²) in [5.41, 5.74) is 7.94. The second-order valence-corrected chi connectivity index (χ2v) is 7.55. The van der Waals surface area contributed by atoms with Gasteiger partial charge in [-0.05, 0) is 23.1 Å². The number of amides is 3. The minimum absolute atomic E-state index is 0.0503. The van der Waals surface area contributed by atoms with Crippen molar-refractivity contribution in [3.63, 3.8) is 0 Å². The number of hydrogen-bond donors (Lipinski definition) is 3. The molecule has 0 unspecified atom stereocenters. The van der Waals surface area contributed by atoms with Crippen molar-refractivity contribution in [3.8, 4) is 0 Å². The molecule has 3 amide bonds. The normalized spacial score (nSPS) is 15.9. The molecule has 0 aliphatic carbocycles. The molecule has 0 bridgehead atoms. The lowest BCUT2D eigenvalue weighted by atomic mass is 9.93. The number of ether oxygens (including phenoxy) is 1. The Morgan fingerprint density at radius 1 is 1.06 bits per heavy atom. The number of hydrogen-bond acceptors (Lipinski definition) is 5. The van der Waals surface area contributed by atoms with Crippen LogP contribution in [0.2, 0.25) is 0 Å². The first-order valence-corrected chi connectivity index (χ1v) is 10.2. The molecule has 168 valence electrons. The highest BCUT2D eigenvalue weighted by Gasteiger charge is 2.37. The molecule has 0 saturated carbocycles. The first-order valence-electron chi connectivity index (χ1n) is 10.2. The van der Waals surface area contributed by atoms with Crippen LogP contribution in [0, 0.1) is 0 Å². The predicted octanol–water partition coefficient (Wildman–Crippen LogP) is 1.59. The Balaban J connectivity index is 1.76. The van der Waals surface area contributed by atoms with Crippen LogP contribution in [0.3, 0.4) is 0 Å². The summed E-state index contributed by atoms with van der Waals surface area (Å²) < 4.78 is 5.43. The van der Waals surface area contributed by atoms with Gasteiger partial charge in [0.25, 0.3) is 0 Å². The molecule has 4 N–H and O–H groups in total. The molecule has 3 rings (SSSR count). The maximum atomic E-state index is 13.0. The van der Waals surface area contributed by atoms with Gasteiger partial charge in [-0.25, -0.2) is 4.79 Å². The minimum atomic E-state index is -1.15. The van der Waals surface area contributed by atoms with Crippen LogP contribution in [-0.2, 0) is 38.7 Å². The molecular weight excluding hydrogens is 414 g/mol. The zero-order valence-electron chi connectivity index (χ0n) is 17.4. The third kappa shape index (κ3) is 5.84. The van der Waals surface area contributed by atoms with Crippen LogP contribution >= 0.6 is 0 Å². The number of nitrogens with zero attached hydrogens (tertiary/aromatic N) is 1. The average Bonchev–Trinajstić information content (AvgIpc) is 2.79. The van der Waals surface area contributed by atoms with E-state index in [2.05, 4.69) is 5.32 Å². The summed E-state index contributed by atoms with van der Waals surface area (Å²) in [5.74, 6) is -2.54.